The van der Waals surface area contributed by atoms with Crippen molar-refractivity contribution in [3.8, 4) is 0 Å². The van der Waals surface area contributed by atoms with E-state index in [-0.39, 0.29) is 0 Å². The standard InChI is InChI=1S/C30H51N3O25/c31-33-32-11-6(1-34)51-27(18(45)12(11)39)56-23-8(3-36)53-29(20(47)14(23)41)58-25-10(5-38)54-30(21(48)16(25)43)57-24-9(4-37)52-28(19(46)15(24)42)55-22-7(2-35)50-26(49)17(44)13(22)40/h6-30,34-49H,1-5H2/t6?,7?,8?,9?,10?,11-,12+,13-,14-,15-,16-,17?,18?,19?,20?,21?,22-,23-,24-,25-,26-,27-,28-,29-,30-/m1/s1. The first kappa shape index (κ1) is 47.4. The average molecular weight is 854 g/mol. The average Bonchev–Trinajstić information content (AvgIpc) is 3.22. The Morgan fingerprint density at radius 3 is 0.966 bits per heavy atom. The predicted molar refractivity (Wildman–Crippen MR) is 173 cm³/mol. The third kappa shape index (κ3) is 9.52. The molecule has 0 aromatic carbocycles. The molecule has 5 aliphatic heterocycles. The molecule has 0 radical (unpaired) electrons. The fraction of sp³-hybridized carbons (Fsp3) is 1.00. The molecule has 28 nitrogen and oxygen atoms in total. The maximum atomic E-state index is 11.1. The van der Waals surface area contributed by atoms with Crippen molar-refractivity contribution in [2.24, 2.45) is 5.11 Å². The smallest absolute Gasteiger partial charge is 0.187 e. The monoisotopic (exact) mass is 853 g/mol. The zero-order chi connectivity index (χ0) is 42.7. The Balaban J connectivity index is 1.23. The van der Waals surface area contributed by atoms with Crippen molar-refractivity contribution in [2.75, 3.05) is 33.0 Å². The van der Waals surface area contributed by atoms with Crippen LogP contribution in [-0.4, -0.2) is 268 Å². The van der Waals surface area contributed by atoms with E-state index in [1.807, 2.05) is 0 Å². The largest absolute Gasteiger partial charge is 0.394 e. The fourth-order valence-corrected chi connectivity index (χ4v) is 7.24. The summed E-state index contributed by atoms with van der Waals surface area (Å²) in [7, 11) is 0. The number of hydrogen-bond acceptors (Lipinski definition) is 26. The van der Waals surface area contributed by atoms with Gasteiger partial charge in [0.25, 0.3) is 0 Å². The normalized spacial score (nSPS) is 51.6. The Hall–Kier alpha value is -1.69. The van der Waals surface area contributed by atoms with Gasteiger partial charge in [-0.1, -0.05) is 5.11 Å². The van der Waals surface area contributed by atoms with Crippen LogP contribution in [0.5, 0.6) is 0 Å². The van der Waals surface area contributed by atoms with E-state index in [1.54, 1.807) is 0 Å². The summed E-state index contributed by atoms with van der Waals surface area (Å²) >= 11 is 0. The minimum absolute atomic E-state index is 0.808. The summed E-state index contributed by atoms with van der Waals surface area (Å²) in [5.74, 6) is 0. The summed E-state index contributed by atoms with van der Waals surface area (Å²) in [5.41, 5.74) is 8.76. The lowest BCUT2D eigenvalue weighted by molar-refractivity contribution is -0.392. The second kappa shape index (κ2) is 20.5. The molecular formula is C30H51N3O25. The number of rotatable bonds is 14. The lowest BCUT2D eigenvalue weighted by Gasteiger charge is -2.49. The van der Waals surface area contributed by atoms with Gasteiger partial charge in [-0.05, 0) is 5.53 Å². The predicted octanol–water partition coefficient (Wildman–Crippen LogP) is -10.6. The van der Waals surface area contributed by atoms with Gasteiger partial charge in [-0.2, -0.15) is 0 Å². The molecule has 0 aromatic rings. The molecule has 5 saturated heterocycles. The van der Waals surface area contributed by atoms with Gasteiger partial charge in [0.05, 0.1) is 51.3 Å². The van der Waals surface area contributed by atoms with Crippen molar-refractivity contribution in [2.45, 2.75) is 153 Å². The van der Waals surface area contributed by atoms with Gasteiger partial charge in [-0.3, -0.25) is 0 Å². The molecule has 5 heterocycles. The second-order valence-corrected chi connectivity index (χ2v) is 14.2. The van der Waals surface area contributed by atoms with Crippen LogP contribution in [0.2, 0.25) is 0 Å². The zero-order valence-corrected chi connectivity index (χ0v) is 30.1. The molecule has 336 valence electrons. The van der Waals surface area contributed by atoms with Crippen molar-refractivity contribution < 1.29 is 124 Å². The summed E-state index contributed by atoms with van der Waals surface area (Å²) < 4.78 is 49.3. The van der Waals surface area contributed by atoms with E-state index in [0.29, 0.717) is 0 Å². The molecule has 10 unspecified atom stereocenters. The Labute approximate surface area is 326 Å². The first-order valence-electron chi connectivity index (χ1n) is 18.0. The number of ether oxygens (including phenoxy) is 9. The summed E-state index contributed by atoms with van der Waals surface area (Å²) in [5, 5.41) is 170. The maximum absolute atomic E-state index is 11.1. The minimum Gasteiger partial charge on any atom is -0.394 e. The molecule has 0 aromatic heterocycles. The van der Waals surface area contributed by atoms with E-state index in [9.17, 15) is 81.7 Å². The van der Waals surface area contributed by atoms with E-state index in [0.717, 1.165) is 0 Å². The molecule has 0 aliphatic carbocycles. The highest BCUT2D eigenvalue weighted by Gasteiger charge is 2.56. The van der Waals surface area contributed by atoms with Crippen LogP contribution in [0, 0.1) is 0 Å². The number of hydrogen-bond donors (Lipinski definition) is 16. The Morgan fingerprint density at radius 1 is 0.379 bits per heavy atom. The van der Waals surface area contributed by atoms with Crippen LogP contribution in [0.25, 0.3) is 10.4 Å². The highest BCUT2D eigenvalue weighted by molar-refractivity contribution is 4.99. The molecule has 0 amide bonds. The fourth-order valence-electron chi connectivity index (χ4n) is 7.24. The molecule has 28 heteroatoms. The Morgan fingerprint density at radius 2 is 0.655 bits per heavy atom. The van der Waals surface area contributed by atoms with E-state index in [1.165, 1.54) is 0 Å². The minimum atomic E-state index is -2.13. The van der Waals surface area contributed by atoms with Crippen molar-refractivity contribution in [1.29, 1.82) is 0 Å². The third-order valence-corrected chi connectivity index (χ3v) is 10.5. The zero-order valence-electron chi connectivity index (χ0n) is 30.1. The van der Waals surface area contributed by atoms with Gasteiger partial charge in [0.2, 0.25) is 0 Å². The molecular weight excluding hydrogens is 802 g/mol. The lowest BCUT2D eigenvalue weighted by Crippen LogP contribution is -2.68. The van der Waals surface area contributed by atoms with E-state index < -0.39 is 187 Å². The van der Waals surface area contributed by atoms with Crippen LogP contribution < -0.4 is 0 Å². The summed E-state index contributed by atoms with van der Waals surface area (Å²) in [6.45, 7) is -4.54. The van der Waals surface area contributed by atoms with Crippen LogP contribution in [0.4, 0.5) is 0 Å². The summed E-state index contributed by atoms with van der Waals surface area (Å²) in [4.78, 5) is 2.53. The molecule has 5 rings (SSSR count). The summed E-state index contributed by atoms with van der Waals surface area (Å²) in [6, 6.07) is -1.44. The van der Waals surface area contributed by atoms with Crippen LogP contribution in [-0.2, 0) is 42.6 Å². The van der Waals surface area contributed by atoms with E-state index in [2.05, 4.69) is 10.0 Å². The van der Waals surface area contributed by atoms with Crippen LogP contribution in [0.15, 0.2) is 5.11 Å². The topological polar surface area (TPSA) is 456 Å². The van der Waals surface area contributed by atoms with Gasteiger partial charge in [-0.25, -0.2) is 0 Å². The summed E-state index contributed by atoms with van der Waals surface area (Å²) in [6.07, 6.45) is -44.2. The molecule has 0 saturated carbocycles. The van der Waals surface area contributed by atoms with Gasteiger partial charge in [0, 0.05) is 4.91 Å². The van der Waals surface area contributed by atoms with E-state index >= 15 is 0 Å². The third-order valence-electron chi connectivity index (χ3n) is 10.5. The maximum Gasteiger partial charge on any atom is 0.187 e. The number of aliphatic hydroxyl groups is 16. The van der Waals surface area contributed by atoms with Crippen molar-refractivity contribution >= 4 is 0 Å². The van der Waals surface area contributed by atoms with E-state index in [4.69, 9.17) is 48.2 Å². The van der Waals surface area contributed by atoms with Crippen molar-refractivity contribution in [3.05, 3.63) is 10.4 Å². The van der Waals surface area contributed by atoms with Gasteiger partial charge < -0.3 is 124 Å². The molecule has 0 spiro atoms. The number of azide groups is 1. The lowest BCUT2D eigenvalue weighted by atomic mass is 9.95. The first-order chi connectivity index (χ1) is 27.6. The number of aliphatic hydroxyl groups excluding tert-OH is 16. The van der Waals surface area contributed by atoms with Crippen molar-refractivity contribution in [1.82, 2.24) is 0 Å². The van der Waals surface area contributed by atoms with Gasteiger partial charge in [0.1, 0.15) is 104 Å². The van der Waals surface area contributed by atoms with Crippen molar-refractivity contribution in [3.63, 3.8) is 0 Å². The second-order valence-electron chi connectivity index (χ2n) is 14.2. The van der Waals surface area contributed by atoms with Crippen LogP contribution >= 0.6 is 0 Å². The molecule has 58 heavy (non-hydrogen) atoms. The van der Waals surface area contributed by atoms with Gasteiger partial charge >= 0.3 is 0 Å². The highest BCUT2D eigenvalue weighted by atomic mass is 16.8. The Bertz CT molecular complexity index is 1330. The SMILES string of the molecule is [N-]=[N+]=N[C@@H]1C(CO)O[C@H](O[C@@H]2C(CO)O[C@H](O[C@@H]3C(CO)O[C@H](O[C@@H]4C(CO)O[C@H](O[C@@H]5C(CO)O[C@@H](O)C(O)[C@H]5O)C(O)[C@H]4O)C(O)[C@H]3O)C(O)[C@H]2O)C(O)[C@H]1O. The number of nitrogens with zero attached hydrogens (tertiary/aromatic N) is 3. The van der Waals surface area contributed by atoms with Crippen LogP contribution in [0.3, 0.4) is 0 Å². The van der Waals surface area contributed by atoms with Gasteiger partial charge in [-0.15, -0.1) is 0 Å². The first-order valence-corrected chi connectivity index (χ1v) is 18.0. The molecule has 25 atom stereocenters. The van der Waals surface area contributed by atoms with Crippen LogP contribution in [0.1, 0.15) is 0 Å². The molecule has 16 N–H and O–H groups in total. The molecule has 5 fully saturated rings. The van der Waals surface area contributed by atoms with Gasteiger partial charge in [0.15, 0.2) is 31.5 Å². The Kier molecular flexibility index (Phi) is 16.7. The molecule has 0 bridgehead atoms. The molecule has 5 aliphatic rings. The highest BCUT2D eigenvalue weighted by Crippen LogP contribution is 2.35. The quantitative estimate of drug-likeness (QED) is 0.0438.